The molecule has 0 aromatic heterocycles. The summed E-state index contributed by atoms with van der Waals surface area (Å²) < 4.78 is 21.4. The number of halogens is 1. The van der Waals surface area contributed by atoms with Crippen molar-refractivity contribution in [1.82, 2.24) is 0 Å². The van der Waals surface area contributed by atoms with E-state index in [0.29, 0.717) is 16.9 Å². The van der Waals surface area contributed by atoms with Crippen molar-refractivity contribution < 1.29 is 28.6 Å². The molecule has 1 aromatic rings. The number of nitrogens with one attached hydrogen (secondary N) is 2. The van der Waals surface area contributed by atoms with Crippen molar-refractivity contribution in [2.45, 2.75) is 56.7 Å². The molecule has 2 aliphatic heterocycles. The lowest BCUT2D eigenvalue weighted by atomic mass is 9.82. The molecule has 0 bridgehead atoms. The Morgan fingerprint density at radius 1 is 1.46 bits per heavy atom. The summed E-state index contributed by atoms with van der Waals surface area (Å²) in [5.74, 6) is -1.38. The summed E-state index contributed by atoms with van der Waals surface area (Å²) in [6.07, 6.45) is -1.50. The number of hydrogen-bond donors (Lipinski definition) is 4. The zero-order valence-corrected chi connectivity index (χ0v) is 17.5. The van der Waals surface area contributed by atoms with Gasteiger partial charge in [0.15, 0.2) is 5.60 Å². The normalized spacial score (nSPS) is 30.2. The number of fused-ring (bicyclic) bond motifs is 2. The minimum atomic E-state index is -3.21. The number of hydrogen-bond acceptors (Lipinski definition) is 5. The maximum Gasteiger partial charge on any atom is 0.261 e. The fourth-order valence-corrected chi connectivity index (χ4v) is 7.13. The number of anilines is 2. The van der Waals surface area contributed by atoms with Gasteiger partial charge >= 0.3 is 0 Å². The summed E-state index contributed by atoms with van der Waals surface area (Å²) in [7, 11) is -3.21. The summed E-state index contributed by atoms with van der Waals surface area (Å²) in [5.41, 5.74) is -0.338. The van der Waals surface area contributed by atoms with Crippen LogP contribution >= 0.6 is 0 Å². The van der Waals surface area contributed by atoms with E-state index >= 15 is 4.11 Å². The van der Waals surface area contributed by atoms with E-state index in [9.17, 15) is 19.8 Å². The van der Waals surface area contributed by atoms with Gasteiger partial charge in [0.05, 0.1) is 6.10 Å². The van der Waals surface area contributed by atoms with Crippen LogP contribution in [0.1, 0.15) is 25.8 Å². The van der Waals surface area contributed by atoms with Gasteiger partial charge in [-0.05, 0) is 44.6 Å². The third-order valence-corrected chi connectivity index (χ3v) is 8.23. The molecule has 5 atom stereocenters. The molecule has 154 valence electrons. The van der Waals surface area contributed by atoms with Gasteiger partial charge in [0, 0.05) is 35.0 Å². The first-order valence-corrected chi connectivity index (χ1v) is 12.4. The van der Waals surface area contributed by atoms with E-state index in [1.54, 1.807) is 31.3 Å². The van der Waals surface area contributed by atoms with Crippen molar-refractivity contribution in [2.24, 2.45) is 5.92 Å². The second-order valence-electron chi connectivity index (χ2n) is 8.16. The minimum absolute atomic E-state index is 0.159. The topological polar surface area (TPSA) is 108 Å². The molecule has 28 heavy (non-hydrogen) atoms. The van der Waals surface area contributed by atoms with E-state index < -0.39 is 43.6 Å². The van der Waals surface area contributed by atoms with Gasteiger partial charge in [-0.15, -0.1) is 0 Å². The summed E-state index contributed by atoms with van der Waals surface area (Å²) in [5, 5.41) is 24.2. The van der Waals surface area contributed by atoms with Crippen LogP contribution in [0.25, 0.3) is 0 Å². The fourth-order valence-electron chi connectivity index (χ4n) is 4.59. The van der Waals surface area contributed by atoms with Crippen LogP contribution in [-0.4, -0.2) is 49.2 Å². The minimum Gasteiger partial charge on any atom is -0.396 e. The average Bonchev–Trinajstić information content (AvgIpc) is 3.03. The summed E-state index contributed by atoms with van der Waals surface area (Å²) >= 11 is 0. The highest BCUT2D eigenvalue weighted by molar-refractivity contribution is 6.72. The molecule has 1 spiro atoms. The van der Waals surface area contributed by atoms with E-state index in [4.69, 9.17) is 4.74 Å². The maximum atomic E-state index is 15.2. The summed E-state index contributed by atoms with van der Waals surface area (Å²) in [4.78, 5) is 24.8. The van der Waals surface area contributed by atoms with Gasteiger partial charge in [0.2, 0.25) is 8.41 Å². The molecule has 1 saturated heterocycles. The van der Waals surface area contributed by atoms with E-state index in [1.165, 1.54) is 6.92 Å². The highest BCUT2D eigenvalue weighted by Crippen LogP contribution is 2.58. The second kappa shape index (κ2) is 7.22. The maximum absolute atomic E-state index is 15.2. The van der Waals surface area contributed by atoms with Crippen LogP contribution in [0.5, 0.6) is 0 Å². The Kier molecular flexibility index (Phi) is 5.39. The molecule has 2 amide bonds. The Bertz CT molecular complexity index is 797. The van der Waals surface area contributed by atoms with E-state index in [1.807, 2.05) is 6.92 Å². The van der Waals surface area contributed by atoms with Crippen molar-refractivity contribution >= 4 is 31.6 Å². The number of amides is 2. The molecular formula is C19H27FN2O5Si. The first-order chi connectivity index (χ1) is 13.0. The highest BCUT2D eigenvalue weighted by Gasteiger charge is 2.65. The molecule has 1 aromatic carbocycles. The average molecular weight is 411 g/mol. The van der Waals surface area contributed by atoms with Crippen LogP contribution in [0.2, 0.25) is 18.6 Å². The fraction of sp³-hybridized carbons (Fsp3) is 0.579. The zero-order valence-electron chi connectivity index (χ0n) is 16.5. The number of aliphatic hydroxyl groups excluding tert-OH is 2. The Morgan fingerprint density at radius 3 is 2.71 bits per heavy atom. The Balaban J connectivity index is 2.05. The van der Waals surface area contributed by atoms with Gasteiger partial charge in [-0.2, -0.15) is 0 Å². The van der Waals surface area contributed by atoms with Gasteiger partial charge in [-0.1, -0.05) is 6.92 Å². The SMILES string of the molecule is C[C@H](O)C(=O)Nc1ccc2c(c1)[C@@]1(O[C@H](CCO)[C@@H]([Si](C)(C)F)[C@@H]1C)C(=O)N2. The first-order valence-electron chi connectivity index (χ1n) is 9.45. The molecule has 9 heteroatoms. The van der Waals surface area contributed by atoms with Crippen LogP contribution in [0, 0.1) is 5.92 Å². The lowest BCUT2D eigenvalue weighted by Gasteiger charge is -2.30. The van der Waals surface area contributed by atoms with Crippen molar-refractivity contribution in [3.05, 3.63) is 23.8 Å². The highest BCUT2D eigenvalue weighted by atomic mass is 28.4. The van der Waals surface area contributed by atoms with Gasteiger partial charge in [0.25, 0.3) is 11.8 Å². The largest absolute Gasteiger partial charge is 0.396 e. The molecule has 1 fully saturated rings. The zero-order chi connectivity index (χ0) is 20.9. The standard InChI is InChI=1S/C19H27FN2O5Si/c1-10-16(28(3,4)20)15(7-8-23)27-19(10)13-9-12(21-17(25)11(2)24)5-6-14(13)22-18(19)26/h5-6,9-11,15-16,23-24H,7-8H2,1-4H3,(H,21,25)(H,22,26)/t10-,11-,15+,16-,19+/m0/s1. The summed E-state index contributed by atoms with van der Waals surface area (Å²) in [6, 6.07) is 4.91. The van der Waals surface area contributed by atoms with Crippen LogP contribution in [0.15, 0.2) is 18.2 Å². The molecule has 0 unspecified atom stereocenters. The van der Waals surface area contributed by atoms with Gasteiger partial charge in [-0.3, -0.25) is 9.59 Å². The third-order valence-electron chi connectivity index (χ3n) is 5.78. The number of carbonyl (C=O) groups is 2. The molecule has 0 aliphatic carbocycles. The summed E-state index contributed by atoms with van der Waals surface area (Å²) in [6.45, 7) is 6.19. The molecule has 7 nitrogen and oxygen atoms in total. The van der Waals surface area contributed by atoms with Crippen LogP contribution in [0.3, 0.4) is 0 Å². The van der Waals surface area contributed by atoms with Crippen LogP contribution in [0.4, 0.5) is 15.5 Å². The van der Waals surface area contributed by atoms with Gasteiger partial charge in [-0.25, -0.2) is 0 Å². The van der Waals surface area contributed by atoms with E-state index in [2.05, 4.69) is 10.6 Å². The molecule has 3 rings (SSSR count). The third kappa shape index (κ3) is 3.26. The quantitative estimate of drug-likeness (QED) is 0.439. The van der Waals surface area contributed by atoms with Crippen LogP contribution in [-0.2, 0) is 19.9 Å². The molecule has 0 radical (unpaired) electrons. The number of carbonyl (C=O) groups excluding carboxylic acids is 2. The van der Waals surface area contributed by atoms with Crippen molar-refractivity contribution in [3.8, 4) is 0 Å². The molecule has 2 heterocycles. The van der Waals surface area contributed by atoms with Crippen LogP contribution < -0.4 is 10.6 Å². The molecule has 4 N–H and O–H groups in total. The number of benzene rings is 1. The van der Waals surface area contributed by atoms with Gasteiger partial charge in [0.1, 0.15) is 6.10 Å². The lowest BCUT2D eigenvalue weighted by molar-refractivity contribution is -0.143. The number of aliphatic hydroxyl groups is 2. The smallest absolute Gasteiger partial charge is 0.261 e. The number of rotatable bonds is 5. The molecule has 2 aliphatic rings. The predicted octanol–water partition coefficient (Wildman–Crippen LogP) is 2.12. The molecule has 0 saturated carbocycles. The Morgan fingerprint density at radius 2 is 2.14 bits per heavy atom. The number of ether oxygens (including phenoxy) is 1. The first kappa shape index (κ1) is 20.9. The van der Waals surface area contributed by atoms with Crippen molar-refractivity contribution in [3.63, 3.8) is 0 Å². The monoisotopic (exact) mass is 410 g/mol. The Hall–Kier alpha value is -1.81. The van der Waals surface area contributed by atoms with Gasteiger partial charge < -0.3 is 29.7 Å². The van der Waals surface area contributed by atoms with E-state index in [-0.39, 0.29) is 18.9 Å². The van der Waals surface area contributed by atoms with E-state index in [0.717, 1.165) is 0 Å². The Labute approximate surface area is 164 Å². The van der Waals surface area contributed by atoms with Crippen molar-refractivity contribution in [1.29, 1.82) is 0 Å². The second-order valence-corrected chi connectivity index (χ2v) is 12.0. The molecular weight excluding hydrogens is 383 g/mol. The van der Waals surface area contributed by atoms with Crippen molar-refractivity contribution in [2.75, 3.05) is 17.2 Å². The predicted molar refractivity (Wildman–Crippen MR) is 105 cm³/mol. The lowest BCUT2D eigenvalue weighted by Crippen LogP contribution is -2.42.